The summed E-state index contributed by atoms with van der Waals surface area (Å²) in [6.07, 6.45) is 6.47. The Hall–Kier alpha value is -4.27. The molecule has 2 unspecified atom stereocenters. The first-order chi connectivity index (χ1) is 18.5. The smallest absolute Gasteiger partial charge is 0.343 e. The van der Waals surface area contributed by atoms with E-state index in [0.29, 0.717) is 29.9 Å². The predicted molar refractivity (Wildman–Crippen MR) is 144 cm³/mol. The highest BCUT2D eigenvalue weighted by Crippen LogP contribution is 2.39. The zero-order chi connectivity index (χ0) is 26.2. The van der Waals surface area contributed by atoms with Crippen molar-refractivity contribution in [2.75, 3.05) is 18.6 Å². The minimum absolute atomic E-state index is 0.252. The van der Waals surface area contributed by atoms with Crippen LogP contribution in [-0.2, 0) is 11.3 Å². The lowest BCUT2D eigenvalue weighted by molar-refractivity contribution is 0.0528. The lowest BCUT2D eigenvalue weighted by Crippen LogP contribution is -2.20. The van der Waals surface area contributed by atoms with E-state index in [2.05, 4.69) is 27.1 Å². The molecule has 0 amide bonds. The van der Waals surface area contributed by atoms with Gasteiger partial charge in [-0.3, -0.25) is 0 Å². The van der Waals surface area contributed by atoms with Crippen molar-refractivity contribution in [2.45, 2.75) is 44.9 Å². The van der Waals surface area contributed by atoms with Crippen LogP contribution < -0.4 is 4.90 Å². The molecule has 1 aliphatic carbocycles. The number of ether oxygens (including phenoxy) is 1. The first-order valence-electron chi connectivity index (χ1n) is 13.0. The van der Waals surface area contributed by atoms with Gasteiger partial charge in [-0.1, -0.05) is 30.3 Å². The number of hydrogen-bond donors (Lipinski definition) is 0. The first kappa shape index (κ1) is 24.1. The van der Waals surface area contributed by atoms with Crippen molar-refractivity contribution in [1.29, 1.82) is 0 Å². The number of hydrogen-bond acceptors (Lipinski definition) is 6. The molecule has 4 heterocycles. The number of carbonyl (C=O) groups excluding carboxylic acids is 1. The second kappa shape index (κ2) is 9.89. The summed E-state index contributed by atoms with van der Waals surface area (Å²) in [7, 11) is 1.98. The lowest BCUT2D eigenvalue weighted by atomic mass is 10.1. The van der Waals surface area contributed by atoms with Crippen LogP contribution in [0.3, 0.4) is 0 Å². The van der Waals surface area contributed by atoms with Crippen molar-refractivity contribution in [3.8, 4) is 11.3 Å². The van der Waals surface area contributed by atoms with Crippen molar-refractivity contribution in [3.63, 3.8) is 0 Å². The molecule has 4 aromatic heterocycles. The van der Waals surface area contributed by atoms with Crippen LogP contribution in [0, 0.1) is 0 Å². The lowest BCUT2D eigenvalue weighted by Gasteiger charge is -2.21. The van der Waals surface area contributed by atoms with Crippen molar-refractivity contribution in [2.24, 2.45) is 0 Å². The van der Waals surface area contributed by atoms with Gasteiger partial charge in [-0.05, 0) is 43.9 Å². The summed E-state index contributed by atoms with van der Waals surface area (Å²) < 4.78 is 23.8. The summed E-state index contributed by atoms with van der Waals surface area (Å²) in [5, 5.41) is 5.39. The van der Waals surface area contributed by atoms with Crippen LogP contribution in [0.15, 0.2) is 67.1 Å². The van der Waals surface area contributed by atoms with Gasteiger partial charge in [0.2, 0.25) is 0 Å². The Morgan fingerprint density at radius 2 is 2.00 bits per heavy atom. The number of nitrogens with zero attached hydrogens (tertiary/aromatic N) is 6. The van der Waals surface area contributed by atoms with Gasteiger partial charge in [0.1, 0.15) is 23.2 Å². The molecule has 2 atom stereocenters. The molecule has 0 bridgehead atoms. The molecule has 1 aromatic carbocycles. The monoisotopic (exact) mass is 512 g/mol. The summed E-state index contributed by atoms with van der Waals surface area (Å²) in [5.74, 6) is 0.289. The van der Waals surface area contributed by atoms with Gasteiger partial charge in [0, 0.05) is 43.0 Å². The number of carbonyl (C=O) groups is 1. The highest BCUT2D eigenvalue weighted by molar-refractivity contribution is 5.98. The molecule has 6 rings (SSSR count). The van der Waals surface area contributed by atoms with E-state index in [1.807, 2.05) is 54.2 Å². The molecule has 8 nitrogen and oxygen atoms in total. The number of fused-ring (bicyclic) bond motifs is 2. The van der Waals surface area contributed by atoms with Crippen molar-refractivity contribution < 1.29 is 13.9 Å². The summed E-state index contributed by atoms with van der Waals surface area (Å²) in [5.41, 5.74) is 4.06. The van der Waals surface area contributed by atoms with E-state index < -0.39 is 12.1 Å². The molecule has 1 fully saturated rings. The number of esters is 1. The SMILES string of the molecule is CCOC(=O)c1cnn2c(N(C)Cc3ccccc3)cc(-c3cn(C4CCCC4F)c4ncccc34)nc12. The molecular weight excluding hydrogens is 483 g/mol. The minimum atomic E-state index is -0.909. The number of alkyl halides is 1. The molecule has 1 saturated carbocycles. The van der Waals surface area contributed by atoms with E-state index in [1.165, 1.54) is 6.20 Å². The van der Waals surface area contributed by atoms with Gasteiger partial charge in [0.25, 0.3) is 0 Å². The molecule has 0 aliphatic heterocycles. The number of anilines is 1. The Morgan fingerprint density at radius 1 is 1.16 bits per heavy atom. The fourth-order valence-corrected chi connectivity index (χ4v) is 5.40. The third kappa shape index (κ3) is 4.17. The van der Waals surface area contributed by atoms with E-state index in [0.717, 1.165) is 40.8 Å². The van der Waals surface area contributed by atoms with Crippen LogP contribution in [-0.4, -0.2) is 49.9 Å². The number of aromatic nitrogens is 5. The number of halogens is 1. The third-order valence-electron chi connectivity index (χ3n) is 7.22. The van der Waals surface area contributed by atoms with Crippen LogP contribution in [0.5, 0.6) is 0 Å². The van der Waals surface area contributed by atoms with Crippen LogP contribution in [0.25, 0.3) is 27.9 Å². The molecule has 0 N–H and O–H groups in total. The average Bonchev–Trinajstić information content (AvgIpc) is 3.65. The Morgan fingerprint density at radius 3 is 2.76 bits per heavy atom. The highest BCUT2D eigenvalue weighted by Gasteiger charge is 2.31. The van der Waals surface area contributed by atoms with Gasteiger partial charge in [0.15, 0.2) is 5.65 Å². The van der Waals surface area contributed by atoms with Gasteiger partial charge in [-0.15, -0.1) is 0 Å². The van der Waals surface area contributed by atoms with Gasteiger partial charge in [-0.25, -0.2) is 19.2 Å². The molecule has 0 saturated heterocycles. The minimum Gasteiger partial charge on any atom is -0.462 e. The largest absolute Gasteiger partial charge is 0.462 e. The van der Waals surface area contributed by atoms with Crippen LogP contribution in [0.2, 0.25) is 0 Å². The Balaban J connectivity index is 1.54. The molecule has 194 valence electrons. The van der Waals surface area contributed by atoms with Gasteiger partial charge >= 0.3 is 5.97 Å². The summed E-state index contributed by atoms with van der Waals surface area (Å²) in [6.45, 7) is 2.65. The van der Waals surface area contributed by atoms with Crippen molar-refractivity contribution in [3.05, 3.63) is 78.2 Å². The van der Waals surface area contributed by atoms with Crippen LogP contribution in [0.1, 0.15) is 48.1 Å². The maximum Gasteiger partial charge on any atom is 0.343 e. The summed E-state index contributed by atoms with van der Waals surface area (Å²) in [6, 6.07) is 15.7. The second-order valence-electron chi connectivity index (χ2n) is 9.69. The molecule has 0 spiro atoms. The van der Waals surface area contributed by atoms with E-state index in [-0.39, 0.29) is 12.6 Å². The normalized spacial score (nSPS) is 17.3. The van der Waals surface area contributed by atoms with Gasteiger partial charge in [-0.2, -0.15) is 9.61 Å². The van der Waals surface area contributed by atoms with Crippen LogP contribution in [0.4, 0.5) is 10.2 Å². The Labute approximate surface area is 219 Å². The molecular formula is C29H29FN6O2. The molecule has 0 radical (unpaired) electrons. The molecule has 9 heteroatoms. The average molecular weight is 513 g/mol. The van der Waals surface area contributed by atoms with Crippen LogP contribution >= 0.6 is 0 Å². The highest BCUT2D eigenvalue weighted by atomic mass is 19.1. The maximum atomic E-state index is 14.8. The second-order valence-corrected chi connectivity index (χ2v) is 9.69. The number of rotatable bonds is 7. The third-order valence-corrected chi connectivity index (χ3v) is 7.22. The molecule has 5 aromatic rings. The Bertz CT molecular complexity index is 1610. The van der Waals surface area contributed by atoms with Crippen molar-refractivity contribution in [1.82, 2.24) is 24.1 Å². The topological polar surface area (TPSA) is 77.5 Å². The van der Waals surface area contributed by atoms with Crippen molar-refractivity contribution >= 4 is 28.5 Å². The summed E-state index contributed by atoms with van der Waals surface area (Å²) >= 11 is 0. The fraction of sp³-hybridized carbons (Fsp3) is 0.310. The number of pyridine rings is 1. The predicted octanol–water partition coefficient (Wildman–Crippen LogP) is 5.62. The number of benzene rings is 1. The van der Waals surface area contributed by atoms with E-state index in [9.17, 15) is 9.18 Å². The molecule has 38 heavy (non-hydrogen) atoms. The van der Waals surface area contributed by atoms with E-state index in [1.54, 1.807) is 17.6 Å². The first-order valence-corrected chi connectivity index (χ1v) is 13.0. The fourth-order valence-electron chi connectivity index (χ4n) is 5.40. The van der Waals surface area contributed by atoms with Gasteiger partial charge < -0.3 is 14.2 Å². The van der Waals surface area contributed by atoms with E-state index >= 15 is 0 Å². The maximum absolute atomic E-state index is 14.8. The Kier molecular flexibility index (Phi) is 6.27. The quantitative estimate of drug-likeness (QED) is 0.263. The van der Waals surface area contributed by atoms with Gasteiger partial charge in [0.05, 0.1) is 24.5 Å². The molecule has 1 aliphatic rings. The van der Waals surface area contributed by atoms with E-state index in [4.69, 9.17) is 9.72 Å². The zero-order valence-corrected chi connectivity index (χ0v) is 21.4. The zero-order valence-electron chi connectivity index (χ0n) is 21.4. The standard InChI is InChI=1S/C29H29FN6O2/c1-3-38-29(37)21-16-32-36-26(34(2)17-19-9-5-4-6-10-19)15-24(33-28(21)36)22-18-35(25-13-7-12-23(25)30)27-20(22)11-8-14-31-27/h4-6,8-11,14-16,18,23,25H,3,7,12-13,17H2,1-2H3. The summed E-state index contributed by atoms with van der Waals surface area (Å²) in [4.78, 5) is 24.4.